The number of thiocarbonyl (C=S) groups is 1. The van der Waals surface area contributed by atoms with Gasteiger partial charge in [-0.05, 0) is 37.4 Å². The summed E-state index contributed by atoms with van der Waals surface area (Å²) in [5.74, 6) is 0.921. The van der Waals surface area contributed by atoms with Crippen LogP contribution in [0.5, 0.6) is 0 Å². The first-order chi connectivity index (χ1) is 6.27. The lowest BCUT2D eigenvalue weighted by Gasteiger charge is -2.22. The zero-order valence-electron chi connectivity index (χ0n) is 8.68. The van der Waals surface area contributed by atoms with Gasteiger partial charge in [-0.1, -0.05) is 13.3 Å². The van der Waals surface area contributed by atoms with Crippen molar-refractivity contribution in [3.05, 3.63) is 0 Å². The van der Waals surface area contributed by atoms with Crippen molar-refractivity contribution >= 4 is 17.3 Å². The zero-order valence-corrected chi connectivity index (χ0v) is 9.49. The maximum Gasteiger partial charge on any atom is 0.168 e. The van der Waals surface area contributed by atoms with Crippen molar-refractivity contribution in [3.63, 3.8) is 0 Å². The van der Waals surface area contributed by atoms with Crippen LogP contribution in [0.25, 0.3) is 0 Å². The van der Waals surface area contributed by atoms with E-state index in [1.54, 1.807) is 0 Å². The topological polar surface area (TPSA) is 15.3 Å². The maximum absolute atomic E-state index is 5.23. The molecule has 13 heavy (non-hydrogen) atoms. The molecule has 76 valence electrons. The molecule has 1 atom stereocenters. The Labute approximate surface area is 86.7 Å². The van der Waals surface area contributed by atoms with Gasteiger partial charge in [0.2, 0.25) is 0 Å². The van der Waals surface area contributed by atoms with E-state index in [1.807, 2.05) is 7.05 Å². The van der Waals surface area contributed by atoms with Crippen LogP contribution < -0.4 is 5.32 Å². The normalized spacial score (nSPS) is 23.8. The molecule has 0 aromatic heterocycles. The Hall–Kier alpha value is -0.310. The Kier molecular flexibility index (Phi) is 4.50. The van der Waals surface area contributed by atoms with Gasteiger partial charge in [-0.3, -0.25) is 0 Å². The van der Waals surface area contributed by atoms with E-state index < -0.39 is 0 Å². The lowest BCUT2D eigenvalue weighted by atomic mass is 9.98. The second-order valence-corrected chi connectivity index (χ2v) is 4.13. The molecule has 1 heterocycles. The fourth-order valence-electron chi connectivity index (χ4n) is 1.93. The molecule has 1 aliphatic heterocycles. The van der Waals surface area contributed by atoms with Crippen LogP contribution in [0.2, 0.25) is 0 Å². The quantitative estimate of drug-likeness (QED) is 0.652. The van der Waals surface area contributed by atoms with Crippen molar-refractivity contribution in [2.45, 2.75) is 32.6 Å². The van der Waals surface area contributed by atoms with E-state index in [2.05, 4.69) is 17.1 Å². The van der Waals surface area contributed by atoms with Crippen molar-refractivity contribution in [1.82, 2.24) is 10.2 Å². The van der Waals surface area contributed by atoms with E-state index in [9.17, 15) is 0 Å². The van der Waals surface area contributed by atoms with E-state index in [4.69, 9.17) is 12.2 Å². The number of likely N-dealkylation sites (tertiary alicyclic amines) is 1. The van der Waals surface area contributed by atoms with Gasteiger partial charge in [0.1, 0.15) is 0 Å². The molecule has 1 saturated heterocycles. The number of nitrogens with one attached hydrogen (secondary N) is 1. The molecular weight excluding hydrogens is 180 g/mol. The minimum Gasteiger partial charge on any atom is -0.366 e. The molecule has 1 rings (SSSR count). The molecule has 0 amide bonds. The summed E-state index contributed by atoms with van der Waals surface area (Å²) in [6.07, 6.45) is 5.29. The molecular formula is C10H20N2S. The molecule has 1 N–H and O–H groups in total. The van der Waals surface area contributed by atoms with Gasteiger partial charge in [0.05, 0.1) is 0 Å². The first kappa shape index (κ1) is 10.8. The van der Waals surface area contributed by atoms with E-state index in [-0.39, 0.29) is 0 Å². The molecule has 0 aromatic carbocycles. The van der Waals surface area contributed by atoms with Crippen molar-refractivity contribution in [1.29, 1.82) is 0 Å². The Morgan fingerprint density at radius 3 is 2.85 bits per heavy atom. The average molecular weight is 200 g/mol. The molecule has 0 radical (unpaired) electrons. The van der Waals surface area contributed by atoms with Crippen molar-refractivity contribution in [2.75, 3.05) is 20.1 Å². The first-order valence-corrected chi connectivity index (χ1v) is 5.65. The van der Waals surface area contributed by atoms with Gasteiger partial charge in [-0.2, -0.15) is 0 Å². The van der Waals surface area contributed by atoms with Gasteiger partial charge >= 0.3 is 0 Å². The highest BCUT2D eigenvalue weighted by Gasteiger charge is 2.16. The number of hydrogen-bond donors (Lipinski definition) is 1. The second kappa shape index (κ2) is 5.43. The van der Waals surface area contributed by atoms with Gasteiger partial charge < -0.3 is 10.2 Å². The van der Waals surface area contributed by atoms with Gasteiger partial charge in [-0.25, -0.2) is 0 Å². The van der Waals surface area contributed by atoms with Gasteiger partial charge in [0, 0.05) is 20.1 Å². The maximum atomic E-state index is 5.23. The Balaban J connectivity index is 2.40. The van der Waals surface area contributed by atoms with Crippen LogP contribution in [-0.4, -0.2) is 30.1 Å². The van der Waals surface area contributed by atoms with Crippen LogP contribution in [0, 0.1) is 5.92 Å². The van der Waals surface area contributed by atoms with Crippen LogP contribution >= 0.6 is 12.2 Å². The molecule has 1 unspecified atom stereocenters. The third-order valence-electron chi connectivity index (χ3n) is 2.93. The number of rotatable bonds is 1. The van der Waals surface area contributed by atoms with Crippen molar-refractivity contribution in [3.8, 4) is 0 Å². The third kappa shape index (κ3) is 3.14. The van der Waals surface area contributed by atoms with Crippen molar-refractivity contribution < 1.29 is 0 Å². The standard InChI is InChI=1S/C10H20N2S/c1-3-9-5-4-7-12(8-6-9)10(13)11-2/h9H,3-8H2,1-2H3,(H,11,13). The zero-order chi connectivity index (χ0) is 9.68. The predicted octanol–water partition coefficient (Wildman–Crippen LogP) is 2.00. The van der Waals surface area contributed by atoms with Crippen LogP contribution in [-0.2, 0) is 0 Å². The molecule has 1 fully saturated rings. The fraction of sp³-hybridized carbons (Fsp3) is 0.900. The largest absolute Gasteiger partial charge is 0.366 e. The highest BCUT2D eigenvalue weighted by atomic mass is 32.1. The van der Waals surface area contributed by atoms with Crippen LogP contribution in [0.15, 0.2) is 0 Å². The molecule has 3 heteroatoms. The lowest BCUT2D eigenvalue weighted by Crippen LogP contribution is -2.38. The second-order valence-electron chi connectivity index (χ2n) is 3.75. The minimum absolute atomic E-state index is 0.914. The first-order valence-electron chi connectivity index (χ1n) is 5.24. The summed E-state index contributed by atoms with van der Waals surface area (Å²) >= 11 is 5.23. The number of hydrogen-bond acceptors (Lipinski definition) is 1. The molecule has 1 aliphatic rings. The Morgan fingerprint density at radius 1 is 1.46 bits per heavy atom. The highest BCUT2D eigenvalue weighted by Crippen LogP contribution is 2.19. The van der Waals surface area contributed by atoms with E-state index in [0.717, 1.165) is 24.1 Å². The lowest BCUT2D eigenvalue weighted by molar-refractivity contribution is 0.409. The van der Waals surface area contributed by atoms with Crippen molar-refractivity contribution in [2.24, 2.45) is 5.92 Å². The van der Waals surface area contributed by atoms with Crippen LogP contribution in [0.3, 0.4) is 0 Å². The highest BCUT2D eigenvalue weighted by molar-refractivity contribution is 7.80. The number of nitrogens with zero attached hydrogens (tertiary/aromatic N) is 1. The minimum atomic E-state index is 0.914. The molecule has 0 bridgehead atoms. The predicted molar refractivity (Wildman–Crippen MR) is 60.9 cm³/mol. The summed E-state index contributed by atoms with van der Waals surface area (Å²) < 4.78 is 0. The molecule has 0 aromatic rings. The summed E-state index contributed by atoms with van der Waals surface area (Å²) in [5.41, 5.74) is 0. The molecule has 2 nitrogen and oxygen atoms in total. The molecule has 0 spiro atoms. The fourth-order valence-corrected chi connectivity index (χ4v) is 2.12. The van der Waals surface area contributed by atoms with Gasteiger partial charge in [-0.15, -0.1) is 0 Å². The monoisotopic (exact) mass is 200 g/mol. The van der Waals surface area contributed by atoms with Gasteiger partial charge in [0.25, 0.3) is 0 Å². The third-order valence-corrected chi connectivity index (χ3v) is 3.39. The summed E-state index contributed by atoms with van der Waals surface area (Å²) in [6, 6.07) is 0. The smallest absolute Gasteiger partial charge is 0.168 e. The molecule has 0 saturated carbocycles. The summed E-state index contributed by atoms with van der Waals surface area (Å²) in [5, 5.41) is 3.97. The molecule has 0 aliphatic carbocycles. The van der Waals surface area contributed by atoms with E-state index in [0.29, 0.717) is 0 Å². The van der Waals surface area contributed by atoms with Crippen LogP contribution in [0.4, 0.5) is 0 Å². The van der Waals surface area contributed by atoms with Gasteiger partial charge in [0.15, 0.2) is 5.11 Å². The van der Waals surface area contributed by atoms with E-state index in [1.165, 1.54) is 25.7 Å². The van der Waals surface area contributed by atoms with Crippen LogP contribution in [0.1, 0.15) is 32.6 Å². The summed E-state index contributed by atoms with van der Waals surface area (Å²) in [6.45, 7) is 4.56. The Morgan fingerprint density at radius 2 is 2.23 bits per heavy atom. The van der Waals surface area contributed by atoms with E-state index >= 15 is 0 Å². The summed E-state index contributed by atoms with van der Waals surface area (Å²) in [4.78, 5) is 2.30. The SMILES string of the molecule is CCC1CCCN(C(=S)NC)CC1. The average Bonchev–Trinajstić information content (AvgIpc) is 2.41. The Bertz CT molecular complexity index is 170. The summed E-state index contributed by atoms with van der Waals surface area (Å²) in [7, 11) is 1.91.